The van der Waals surface area contributed by atoms with Crippen molar-refractivity contribution in [2.24, 2.45) is 4.99 Å². The Morgan fingerprint density at radius 1 is 1.31 bits per heavy atom. The Labute approximate surface area is 192 Å². The fraction of sp³-hybridized carbons (Fsp3) is 0.545. The number of likely N-dealkylation sites (N-methyl/N-ethyl adjacent to an activating group) is 2. The summed E-state index contributed by atoms with van der Waals surface area (Å²) in [7, 11) is 3.99. The highest BCUT2D eigenvalue weighted by atomic mass is 127. The molecule has 0 amide bonds. The third kappa shape index (κ3) is 5.72. The van der Waals surface area contributed by atoms with Crippen LogP contribution >= 0.6 is 24.0 Å². The number of likely N-dealkylation sites (tertiary alicyclic amines) is 1. The molecule has 1 atom stereocenters. The van der Waals surface area contributed by atoms with E-state index in [-0.39, 0.29) is 24.0 Å². The van der Waals surface area contributed by atoms with E-state index in [0.29, 0.717) is 12.6 Å². The van der Waals surface area contributed by atoms with E-state index in [1.54, 1.807) is 0 Å². The van der Waals surface area contributed by atoms with Crippen molar-refractivity contribution in [3.05, 3.63) is 47.3 Å². The van der Waals surface area contributed by atoms with Crippen LogP contribution in [0.4, 0.5) is 0 Å². The summed E-state index contributed by atoms with van der Waals surface area (Å²) in [6.45, 7) is 10.4. The smallest absolute Gasteiger partial charge is 0.193 e. The molecule has 7 heteroatoms. The van der Waals surface area contributed by atoms with Gasteiger partial charge in [-0.3, -0.25) is 9.89 Å². The molecule has 1 aliphatic heterocycles. The van der Waals surface area contributed by atoms with Crippen LogP contribution in [0.2, 0.25) is 0 Å². The minimum atomic E-state index is 0. The summed E-state index contributed by atoms with van der Waals surface area (Å²) < 4.78 is 2.02. The Morgan fingerprint density at radius 2 is 2.07 bits per heavy atom. The van der Waals surface area contributed by atoms with Gasteiger partial charge in [0.1, 0.15) is 0 Å². The third-order valence-electron chi connectivity index (χ3n) is 5.63. The maximum atomic E-state index is 4.65. The average Bonchev–Trinajstić information content (AvgIpc) is 3.27. The van der Waals surface area contributed by atoms with Gasteiger partial charge in [-0.1, -0.05) is 25.1 Å². The fourth-order valence-corrected chi connectivity index (χ4v) is 4.22. The van der Waals surface area contributed by atoms with Gasteiger partial charge >= 0.3 is 0 Å². The zero-order chi connectivity index (χ0) is 20.1. The maximum Gasteiger partial charge on any atom is 0.193 e. The summed E-state index contributed by atoms with van der Waals surface area (Å²) >= 11 is 0. The minimum Gasteiger partial charge on any atom is -0.352 e. The van der Waals surface area contributed by atoms with E-state index in [9.17, 15) is 0 Å². The maximum absolute atomic E-state index is 4.65. The lowest BCUT2D eigenvalue weighted by atomic mass is 10.1. The number of rotatable bonds is 6. The molecular formula is C22H35IN6. The van der Waals surface area contributed by atoms with Crippen molar-refractivity contribution in [3.63, 3.8) is 0 Å². The number of aliphatic imine (C=N–C) groups is 1. The normalized spacial score (nSPS) is 17.3. The molecule has 1 N–H and O–H groups in total. The van der Waals surface area contributed by atoms with Crippen molar-refractivity contribution in [1.29, 1.82) is 0 Å². The topological polar surface area (TPSA) is 48.7 Å². The molecule has 2 heterocycles. The summed E-state index contributed by atoms with van der Waals surface area (Å²) in [6, 6.07) is 11.2. The highest BCUT2D eigenvalue weighted by Gasteiger charge is 2.25. The molecule has 160 valence electrons. The van der Waals surface area contributed by atoms with E-state index in [1.165, 1.54) is 24.9 Å². The number of hydrogen-bond donors (Lipinski definition) is 1. The minimum absolute atomic E-state index is 0. The first-order valence-electron chi connectivity index (χ1n) is 10.3. The van der Waals surface area contributed by atoms with Gasteiger partial charge in [0.2, 0.25) is 0 Å². The van der Waals surface area contributed by atoms with E-state index in [1.807, 2.05) is 18.7 Å². The molecule has 6 nitrogen and oxygen atoms in total. The summed E-state index contributed by atoms with van der Waals surface area (Å²) in [5, 5.41) is 8.20. The van der Waals surface area contributed by atoms with Gasteiger partial charge in [0.25, 0.3) is 0 Å². The number of nitrogens with zero attached hydrogens (tertiary/aromatic N) is 5. The molecule has 1 unspecified atom stereocenters. The van der Waals surface area contributed by atoms with Crippen molar-refractivity contribution in [1.82, 2.24) is 24.9 Å². The number of benzene rings is 1. The van der Waals surface area contributed by atoms with Crippen LogP contribution < -0.4 is 5.32 Å². The van der Waals surface area contributed by atoms with E-state index >= 15 is 0 Å². The van der Waals surface area contributed by atoms with Crippen LogP contribution in [0, 0.1) is 13.8 Å². The van der Waals surface area contributed by atoms with Gasteiger partial charge in [-0.15, -0.1) is 24.0 Å². The summed E-state index contributed by atoms with van der Waals surface area (Å²) in [5.41, 5.74) is 4.51. The third-order valence-corrected chi connectivity index (χ3v) is 5.63. The summed E-state index contributed by atoms with van der Waals surface area (Å²) in [4.78, 5) is 9.34. The monoisotopic (exact) mass is 510 g/mol. The summed E-state index contributed by atoms with van der Waals surface area (Å²) in [6.07, 6.45) is 2.57. The molecule has 0 saturated carbocycles. The number of para-hydroxylation sites is 1. The zero-order valence-electron chi connectivity index (χ0n) is 18.4. The van der Waals surface area contributed by atoms with Crippen LogP contribution in [0.25, 0.3) is 5.69 Å². The van der Waals surface area contributed by atoms with Crippen LogP contribution in [0.15, 0.2) is 35.3 Å². The van der Waals surface area contributed by atoms with Crippen LogP contribution in [0.3, 0.4) is 0 Å². The fourth-order valence-electron chi connectivity index (χ4n) is 4.22. The Hall–Kier alpha value is -1.61. The molecule has 1 aliphatic rings. The van der Waals surface area contributed by atoms with Crippen LogP contribution in [0.5, 0.6) is 0 Å². The van der Waals surface area contributed by atoms with Gasteiger partial charge in [0.05, 0.1) is 11.4 Å². The predicted molar refractivity (Wildman–Crippen MR) is 132 cm³/mol. The SMILES string of the molecule is CCN1CCCC1CN(C)C(=NC)NCc1ccccc1-n1nc(C)cc1C.I. The molecule has 0 bridgehead atoms. The van der Waals surface area contributed by atoms with Crippen LogP contribution in [0.1, 0.15) is 36.7 Å². The van der Waals surface area contributed by atoms with Crippen molar-refractivity contribution in [3.8, 4) is 5.69 Å². The van der Waals surface area contributed by atoms with Crippen molar-refractivity contribution < 1.29 is 0 Å². The first-order valence-corrected chi connectivity index (χ1v) is 10.3. The van der Waals surface area contributed by atoms with Crippen molar-refractivity contribution in [2.45, 2.75) is 46.2 Å². The molecule has 1 fully saturated rings. The molecule has 0 aliphatic carbocycles. The van der Waals surface area contributed by atoms with E-state index in [4.69, 9.17) is 0 Å². The number of halogens is 1. The average molecular weight is 510 g/mol. The van der Waals surface area contributed by atoms with E-state index in [0.717, 1.165) is 36.1 Å². The first-order chi connectivity index (χ1) is 13.5. The number of hydrogen-bond acceptors (Lipinski definition) is 3. The zero-order valence-corrected chi connectivity index (χ0v) is 20.7. The van der Waals surface area contributed by atoms with E-state index in [2.05, 4.69) is 76.4 Å². The second-order valence-corrected chi connectivity index (χ2v) is 7.67. The Balaban J connectivity index is 0.00000300. The number of aromatic nitrogens is 2. The molecule has 1 aromatic heterocycles. The van der Waals surface area contributed by atoms with Crippen molar-refractivity contribution >= 4 is 29.9 Å². The number of nitrogens with one attached hydrogen (secondary N) is 1. The Kier molecular flexibility index (Phi) is 8.95. The molecule has 0 radical (unpaired) electrons. The van der Waals surface area contributed by atoms with Crippen LogP contribution in [-0.2, 0) is 6.54 Å². The van der Waals surface area contributed by atoms with Crippen molar-refractivity contribution in [2.75, 3.05) is 33.7 Å². The molecule has 1 saturated heterocycles. The molecule has 2 aromatic rings. The van der Waals surface area contributed by atoms with Gasteiger partial charge in [-0.25, -0.2) is 4.68 Å². The lowest BCUT2D eigenvalue weighted by Crippen LogP contribution is -2.45. The number of aryl methyl sites for hydroxylation is 2. The summed E-state index contributed by atoms with van der Waals surface area (Å²) in [5.74, 6) is 0.936. The molecule has 3 rings (SSSR count). The van der Waals surface area contributed by atoms with Gasteiger partial charge in [-0.05, 0) is 57.5 Å². The highest BCUT2D eigenvalue weighted by molar-refractivity contribution is 14.0. The van der Waals surface area contributed by atoms with Gasteiger partial charge in [0.15, 0.2) is 5.96 Å². The molecule has 0 spiro atoms. The quantitative estimate of drug-likeness (QED) is 0.367. The molecule has 29 heavy (non-hydrogen) atoms. The standard InChI is InChI=1S/C22H34N6.HI/c1-6-27-13-9-11-20(27)16-26(5)22(23-4)24-15-19-10-7-8-12-21(19)28-18(3)14-17(2)25-28;/h7-8,10,12,14,20H,6,9,11,13,15-16H2,1-5H3,(H,23,24);1H. The lowest BCUT2D eigenvalue weighted by molar-refractivity contribution is 0.232. The lowest BCUT2D eigenvalue weighted by Gasteiger charge is -2.30. The number of guanidine groups is 1. The largest absolute Gasteiger partial charge is 0.352 e. The van der Waals surface area contributed by atoms with Gasteiger partial charge in [-0.2, -0.15) is 5.10 Å². The predicted octanol–water partition coefficient (Wildman–Crippen LogP) is 3.60. The van der Waals surface area contributed by atoms with Gasteiger partial charge in [0, 0.05) is 38.9 Å². The second-order valence-electron chi connectivity index (χ2n) is 7.67. The van der Waals surface area contributed by atoms with Crippen LogP contribution in [-0.4, -0.2) is 65.3 Å². The molecule has 1 aromatic carbocycles. The Morgan fingerprint density at radius 3 is 2.72 bits per heavy atom. The second kappa shape index (κ2) is 11.0. The van der Waals surface area contributed by atoms with E-state index < -0.39 is 0 Å². The highest BCUT2D eigenvalue weighted by Crippen LogP contribution is 2.18. The van der Waals surface area contributed by atoms with Gasteiger partial charge < -0.3 is 10.2 Å². The first kappa shape index (κ1) is 23.7. The molecular weight excluding hydrogens is 475 g/mol. The Bertz CT molecular complexity index is 815.